The molecule has 1 aliphatic rings. The maximum absolute atomic E-state index is 12.1. The Kier molecular flexibility index (Phi) is 2.93. The predicted octanol–water partition coefficient (Wildman–Crippen LogP) is 0.307. The maximum atomic E-state index is 12.1. The van der Waals surface area contributed by atoms with E-state index in [1.165, 1.54) is 0 Å². The van der Waals surface area contributed by atoms with E-state index in [1.807, 2.05) is 18.2 Å². The lowest BCUT2D eigenvalue weighted by molar-refractivity contribution is 0.103. The summed E-state index contributed by atoms with van der Waals surface area (Å²) in [6.07, 6.45) is 4.79. The third-order valence-electron chi connectivity index (χ3n) is 2.79. The molecule has 0 amide bonds. The average Bonchev–Trinajstić information content (AvgIpc) is 2.33. The molecule has 1 aromatic carbocycles. The van der Waals surface area contributed by atoms with Crippen LogP contribution in [0.15, 0.2) is 54.1 Å². The van der Waals surface area contributed by atoms with Crippen LogP contribution in [0.5, 0.6) is 0 Å². The normalized spacial score (nSPS) is 22.1. The summed E-state index contributed by atoms with van der Waals surface area (Å²) < 4.78 is 0. The van der Waals surface area contributed by atoms with Crippen molar-refractivity contribution < 1.29 is 4.79 Å². The van der Waals surface area contributed by atoms with Crippen LogP contribution >= 0.6 is 0 Å². The second kappa shape index (κ2) is 4.25. The number of carbonyl (C=O) groups is 1. The molecule has 4 heteroatoms. The third-order valence-corrected chi connectivity index (χ3v) is 2.79. The topological polar surface area (TPSA) is 95.1 Å². The molecular formula is C13H15N3O. The van der Waals surface area contributed by atoms with Crippen molar-refractivity contribution in [3.63, 3.8) is 0 Å². The van der Waals surface area contributed by atoms with E-state index in [9.17, 15) is 4.79 Å². The van der Waals surface area contributed by atoms with Crippen LogP contribution in [0.25, 0.3) is 0 Å². The summed E-state index contributed by atoms with van der Waals surface area (Å²) in [7, 11) is 0. The Morgan fingerprint density at radius 3 is 2.41 bits per heavy atom. The fourth-order valence-corrected chi connectivity index (χ4v) is 1.65. The first-order chi connectivity index (χ1) is 8.00. The number of ketones is 1. The first-order valence-electron chi connectivity index (χ1n) is 5.35. The van der Waals surface area contributed by atoms with Crippen molar-refractivity contribution in [1.29, 1.82) is 0 Å². The van der Waals surface area contributed by atoms with Crippen LogP contribution in [-0.2, 0) is 0 Å². The molecule has 2 rings (SSSR count). The molecule has 1 atom stereocenters. The number of hydrogen-bond donors (Lipinski definition) is 3. The molecule has 0 bridgehead atoms. The first-order valence-corrected chi connectivity index (χ1v) is 5.35. The molecule has 0 saturated carbocycles. The van der Waals surface area contributed by atoms with Gasteiger partial charge in [-0.2, -0.15) is 0 Å². The van der Waals surface area contributed by atoms with Gasteiger partial charge in [0.15, 0.2) is 5.78 Å². The van der Waals surface area contributed by atoms with Crippen LogP contribution in [0.2, 0.25) is 0 Å². The van der Waals surface area contributed by atoms with E-state index in [-0.39, 0.29) is 5.78 Å². The molecule has 1 aliphatic carbocycles. The molecule has 1 aromatic rings. The van der Waals surface area contributed by atoms with Gasteiger partial charge in [0.1, 0.15) is 5.66 Å². The van der Waals surface area contributed by atoms with Crippen molar-refractivity contribution in [3.8, 4) is 0 Å². The Hall–Kier alpha value is -1.75. The molecule has 6 N–H and O–H groups in total. The van der Waals surface area contributed by atoms with Crippen molar-refractivity contribution in [3.05, 3.63) is 59.7 Å². The van der Waals surface area contributed by atoms with Gasteiger partial charge in [0.05, 0.1) is 6.04 Å². The molecule has 0 heterocycles. The van der Waals surface area contributed by atoms with Crippen LogP contribution in [0.4, 0.5) is 0 Å². The zero-order chi connectivity index (χ0) is 12.5. The van der Waals surface area contributed by atoms with Gasteiger partial charge in [-0.25, -0.2) is 0 Å². The number of benzene rings is 1. The van der Waals surface area contributed by atoms with Crippen molar-refractivity contribution >= 4 is 5.78 Å². The van der Waals surface area contributed by atoms with Gasteiger partial charge in [-0.3, -0.25) is 4.79 Å². The number of hydrogen-bond acceptors (Lipinski definition) is 4. The van der Waals surface area contributed by atoms with E-state index in [4.69, 9.17) is 17.2 Å². The van der Waals surface area contributed by atoms with Gasteiger partial charge in [-0.1, -0.05) is 42.5 Å². The molecule has 0 saturated heterocycles. The fraction of sp³-hybridized carbons (Fsp3) is 0.154. The number of Topliss-reactive ketones (excluding diaryl/α,β-unsaturated/α-hetero) is 1. The zero-order valence-electron chi connectivity index (χ0n) is 9.34. The molecule has 88 valence electrons. The minimum Gasteiger partial charge on any atom is -0.322 e. The predicted molar refractivity (Wildman–Crippen MR) is 67.1 cm³/mol. The summed E-state index contributed by atoms with van der Waals surface area (Å²) in [6.45, 7) is 0. The van der Waals surface area contributed by atoms with Crippen LogP contribution in [0.3, 0.4) is 0 Å². The summed E-state index contributed by atoms with van der Waals surface area (Å²) in [6, 6.07) is 8.45. The average molecular weight is 229 g/mol. The monoisotopic (exact) mass is 229 g/mol. The van der Waals surface area contributed by atoms with E-state index < -0.39 is 11.7 Å². The quantitative estimate of drug-likeness (QED) is 0.502. The minimum absolute atomic E-state index is 0.0761. The Balaban J connectivity index is 2.27. The van der Waals surface area contributed by atoms with Crippen LogP contribution in [-0.4, -0.2) is 17.5 Å². The molecule has 0 aliphatic heterocycles. The van der Waals surface area contributed by atoms with Gasteiger partial charge in [0.25, 0.3) is 0 Å². The Morgan fingerprint density at radius 1 is 1.18 bits per heavy atom. The highest BCUT2D eigenvalue weighted by Crippen LogP contribution is 2.17. The lowest BCUT2D eigenvalue weighted by Gasteiger charge is -2.29. The van der Waals surface area contributed by atoms with Crippen LogP contribution in [0.1, 0.15) is 10.4 Å². The number of rotatable bonds is 2. The third kappa shape index (κ3) is 2.34. The Bertz CT molecular complexity index is 489. The van der Waals surface area contributed by atoms with Gasteiger partial charge < -0.3 is 17.2 Å². The van der Waals surface area contributed by atoms with Crippen LogP contribution < -0.4 is 17.2 Å². The van der Waals surface area contributed by atoms with E-state index in [0.717, 1.165) is 0 Å². The lowest BCUT2D eigenvalue weighted by Crippen LogP contribution is -2.61. The van der Waals surface area contributed by atoms with Gasteiger partial charge in [0.2, 0.25) is 0 Å². The highest BCUT2D eigenvalue weighted by Gasteiger charge is 2.28. The van der Waals surface area contributed by atoms with Crippen molar-refractivity contribution in [2.45, 2.75) is 11.7 Å². The fourth-order valence-electron chi connectivity index (χ4n) is 1.65. The molecular weight excluding hydrogens is 214 g/mol. The maximum Gasteiger partial charge on any atom is 0.192 e. The van der Waals surface area contributed by atoms with Crippen molar-refractivity contribution in [2.75, 3.05) is 0 Å². The number of carbonyl (C=O) groups excluding carboxylic acids is 1. The van der Waals surface area contributed by atoms with Gasteiger partial charge in [-0.05, 0) is 6.08 Å². The SMILES string of the molecule is NC1C=C(C(=O)c2ccccc2)C=CC1(N)N. The van der Waals surface area contributed by atoms with Crippen LogP contribution in [0, 0.1) is 0 Å². The van der Waals surface area contributed by atoms with E-state index in [0.29, 0.717) is 11.1 Å². The zero-order valence-corrected chi connectivity index (χ0v) is 9.34. The van der Waals surface area contributed by atoms with E-state index in [2.05, 4.69) is 0 Å². The second-order valence-electron chi connectivity index (χ2n) is 4.18. The molecule has 4 nitrogen and oxygen atoms in total. The minimum atomic E-state index is -1.08. The largest absolute Gasteiger partial charge is 0.322 e. The summed E-state index contributed by atoms with van der Waals surface area (Å²) >= 11 is 0. The standard InChI is InChI=1S/C13H15N3O/c14-11-8-10(6-7-13(11,15)16)12(17)9-4-2-1-3-5-9/h1-8,11H,14-16H2. The van der Waals surface area contributed by atoms with Crippen molar-refractivity contribution in [2.24, 2.45) is 17.2 Å². The Morgan fingerprint density at radius 2 is 1.82 bits per heavy atom. The van der Waals surface area contributed by atoms with Gasteiger partial charge >= 0.3 is 0 Å². The highest BCUT2D eigenvalue weighted by atomic mass is 16.1. The molecule has 0 fully saturated rings. The summed E-state index contributed by atoms with van der Waals surface area (Å²) in [4.78, 5) is 12.1. The summed E-state index contributed by atoms with van der Waals surface area (Å²) in [5, 5.41) is 0. The summed E-state index contributed by atoms with van der Waals surface area (Å²) in [5.74, 6) is -0.0761. The Labute approximate surface area is 99.8 Å². The molecule has 1 unspecified atom stereocenters. The highest BCUT2D eigenvalue weighted by molar-refractivity contribution is 6.10. The van der Waals surface area contributed by atoms with Gasteiger partial charge in [0, 0.05) is 11.1 Å². The smallest absolute Gasteiger partial charge is 0.192 e. The molecule has 0 radical (unpaired) electrons. The van der Waals surface area contributed by atoms with E-state index in [1.54, 1.807) is 30.4 Å². The first kappa shape index (κ1) is 11.7. The van der Waals surface area contributed by atoms with E-state index >= 15 is 0 Å². The summed E-state index contributed by atoms with van der Waals surface area (Å²) in [5.41, 5.74) is 17.3. The second-order valence-corrected chi connectivity index (χ2v) is 4.18. The van der Waals surface area contributed by atoms with Crippen molar-refractivity contribution in [1.82, 2.24) is 0 Å². The molecule has 0 spiro atoms. The van der Waals surface area contributed by atoms with Gasteiger partial charge in [-0.15, -0.1) is 0 Å². The lowest BCUT2D eigenvalue weighted by atomic mass is 9.90. The molecule has 17 heavy (non-hydrogen) atoms. The number of nitrogens with two attached hydrogens (primary N) is 3. The number of allylic oxidation sites excluding steroid dienone is 2. The molecule has 0 aromatic heterocycles.